The van der Waals surface area contributed by atoms with Crippen LogP contribution in [0.15, 0.2) is 30.6 Å². The van der Waals surface area contributed by atoms with E-state index >= 15 is 0 Å². The van der Waals surface area contributed by atoms with Crippen molar-refractivity contribution < 1.29 is 9.47 Å². The number of rotatable bonds is 7. The van der Waals surface area contributed by atoms with Crippen LogP contribution in [-0.4, -0.2) is 45.1 Å². The molecule has 0 fully saturated rings. The average Bonchev–Trinajstić information content (AvgIpc) is 3.15. The third-order valence-corrected chi connectivity index (χ3v) is 4.10. The van der Waals surface area contributed by atoms with Crippen molar-refractivity contribution in [1.29, 1.82) is 0 Å². The molecule has 0 unspecified atom stereocenters. The summed E-state index contributed by atoms with van der Waals surface area (Å²) in [5.41, 5.74) is 2.95. The number of hydrogen-bond donors (Lipinski definition) is 0. The number of aromatic nitrogens is 5. The lowest BCUT2D eigenvalue weighted by atomic mass is 10.1. The molecule has 3 aromatic rings. The highest BCUT2D eigenvalue weighted by Crippen LogP contribution is 2.23. The van der Waals surface area contributed by atoms with Gasteiger partial charge in [-0.1, -0.05) is 18.2 Å². The zero-order chi connectivity index (χ0) is 17.8. The first-order valence-corrected chi connectivity index (χ1v) is 8.17. The van der Waals surface area contributed by atoms with Crippen molar-refractivity contribution in [3.05, 3.63) is 47.7 Å². The Balaban J connectivity index is 1.99. The van der Waals surface area contributed by atoms with Gasteiger partial charge in [-0.25, -0.2) is 14.6 Å². The van der Waals surface area contributed by atoms with Gasteiger partial charge in [-0.15, -0.1) is 0 Å². The number of imidazole rings is 1. The molecule has 0 saturated carbocycles. The van der Waals surface area contributed by atoms with E-state index < -0.39 is 0 Å². The van der Waals surface area contributed by atoms with Gasteiger partial charge in [0.1, 0.15) is 11.4 Å². The molecule has 0 spiro atoms. The molecule has 0 saturated heterocycles. The Morgan fingerprint density at radius 2 is 1.96 bits per heavy atom. The Morgan fingerprint density at radius 3 is 2.64 bits per heavy atom. The molecule has 7 heteroatoms. The van der Waals surface area contributed by atoms with E-state index in [0.717, 1.165) is 34.3 Å². The second-order valence-electron chi connectivity index (χ2n) is 5.85. The van der Waals surface area contributed by atoms with Gasteiger partial charge in [-0.05, 0) is 13.0 Å². The van der Waals surface area contributed by atoms with Crippen LogP contribution >= 0.6 is 0 Å². The smallest absolute Gasteiger partial charge is 0.177 e. The summed E-state index contributed by atoms with van der Waals surface area (Å²) >= 11 is 0. The fourth-order valence-electron chi connectivity index (χ4n) is 2.86. The Labute approximate surface area is 147 Å². The lowest BCUT2D eigenvalue weighted by Gasteiger charge is -2.06. The molecule has 0 amide bonds. The molecule has 0 atom stereocenters. The maximum atomic E-state index is 5.43. The van der Waals surface area contributed by atoms with Crippen LogP contribution in [0, 0.1) is 6.92 Å². The van der Waals surface area contributed by atoms with E-state index in [2.05, 4.69) is 10.1 Å². The summed E-state index contributed by atoms with van der Waals surface area (Å²) in [4.78, 5) is 9.14. The number of ether oxygens (including phenoxy) is 2. The van der Waals surface area contributed by atoms with Crippen LogP contribution < -0.4 is 4.74 Å². The normalized spacial score (nSPS) is 11.0. The van der Waals surface area contributed by atoms with Gasteiger partial charge in [0, 0.05) is 26.1 Å². The highest BCUT2D eigenvalue weighted by atomic mass is 16.5. The van der Waals surface area contributed by atoms with Crippen LogP contribution in [0.5, 0.6) is 5.75 Å². The summed E-state index contributed by atoms with van der Waals surface area (Å²) in [6.07, 6.45) is 2.40. The van der Waals surface area contributed by atoms with E-state index in [1.54, 1.807) is 20.5 Å². The number of para-hydroxylation sites is 1. The first kappa shape index (κ1) is 17.2. The lowest BCUT2D eigenvalue weighted by Crippen LogP contribution is -2.09. The molecule has 0 N–H and O–H groups in total. The summed E-state index contributed by atoms with van der Waals surface area (Å²) in [7, 11) is 5.32. The minimum atomic E-state index is 0.571. The van der Waals surface area contributed by atoms with E-state index in [1.807, 2.05) is 47.5 Å². The third kappa shape index (κ3) is 3.56. The van der Waals surface area contributed by atoms with Crippen molar-refractivity contribution >= 4 is 0 Å². The molecule has 25 heavy (non-hydrogen) atoms. The lowest BCUT2D eigenvalue weighted by molar-refractivity contribution is 0.184. The number of benzene rings is 1. The van der Waals surface area contributed by atoms with Crippen LogP contribution in [0.25, 0.3) is 11.5 Å². The summed E-state index contributed by atoms with van der Waals surface area (Å²) in [5.74, 6) is 2.39. The second-order valence-corrected chi connectivity index (χ2v) is 5.85. The summed E-state index contributed by atoms with van der Waals surface area (Å²) in [5, 5.41) is 4.69. The van der Waals surface area contributed by atoms with E-state index in [1.165, 1.54) is 0 Å². The molecule has 3 rings (SSSR count). The molecule has 2 aromatic heterocycles. The molecular formula is C18H23N5O2. The highest BCUT2D eigenvalue weighted by molar-refractivity contribution is 5.54. The van der Waals surface area contributed by atoms with Gasteiger partial charge in [-0.3, -0.25) is 0 Å². The number of nitrogens with zero attached hydrogens (tertiary/aromatic N) is 5. The van der Waals surface area contributed by atoms with Gasteiger partial charge in [-0.2, -0.15) is 5.10 Å². The topological polar surface area (TPSA) is 67.0 Å². The summed E-state index contributed by atoms with van der Waals surface area (Å²) < 4.78 is 14.5. The fraction of sp³-hybridized carbons (Fsp3) is 0.389. The van der Waals surface area contributed by atoms with Gasteiger partial charge in [0.05, 0.1) is 32.3 Å². The standard InChI is InChI=1S/C18H23N5O2/c1-13-17(22(2)12-19-13)18-20-16(21-23(18)9-10-24-3)11-14-7-5-6-8-15(14)25-4/h5-8,12H,9-11H2,1-4H3. The Bertz CT molecular complexity index is 834. The van der Waals surface area contributed by atoms with Gasteiger partial charge >= 0.3 is 0 Å². The molecule has 0 aliphatic rings. The van der Waals surface area contributed by atoms with Crippen LogP contribution in [0.1, 0.15) is 17.1 Å². The molecule has 2 heterocycles. The summed E-state index contributed by atoms with van der Waals surface area (Å²) in [6.45, 7) is 3.18. The van der Waals surface area contributed by atoms with Gasteiger partial charge < -0.3 is 14.0 Å². The molecule has 0 aliphatic carbocycles. The van der Waals surface area contributed by atoms with Crippen molar-refractivity contribution in [2.75, 3.05) is 20.8 Å². The Morgan fingerprint density at radius 1 is 1.16 bits per heavy atom. The SMILES string of the molecule is COCCn1nc(Cc2ccccc2OC)nc1-c1c(C)ncn1C. The molecule has 0 bridgehead atoms. The fourth-order valence-corrected chi connectivity index (χ4v) is 2.86. The van der Waals surface area contributed by atoms with Crippen molar-refractivity contribution in [1.82, 2.24) is 24.3 Å². The molecule has 0 aliphatic heterocycles. The predicted molar refractivity (Wildman–Crippen MR) is 94.6 cm³/mol. The van der Waals surface area contributed by atoms with Gasteiger partial charge in [0.15, 0.2) is 11.6 Å². The minimum Gasteiger partial charge on any atom is -0.496 e. The van der Waals surface area contributed by atoms with Crippen molar-refractivity contribution in [2.24, 2.45) is 7.05 Å². The zero-order valence-electron chi connectivity index (χ0n) is 15.1. The van der Waals surface area contributed by atoms with Gasteiger partial charge in [0.2, 0.25) is 0 Å². The molecular weight excluding hydrogens is 318 g/mol. The zero-order valence-corrected chi connectivity index (χ0v) is 15.1. The summed E-state index contributed by atoms with van der Waals surface area (Å²) in [6, 6.07) is 7.93. The van der Waals surface area contributed by atoms with Crippen LogP contribution in [0.3, 0.4) is 0 Å². The maximum absolute atomic E-state index is 5.43. The molecule has 7 nitrogen and oxygen atoms in total. The number of methoxy groups -OCH3 is 2. The first-order valence-electron chi connectivity index (χ1n) is 8.17. The largest absolute Gasteiger partial charge is 0.496 e. The minimum absolute atomic E-state index is 0.571. The Hall–Kier alpha value is -2.67. The number of hydrogen-bond acceptors (Lipinski definition) is 5. The second kappa shape index (κ2) is 7.48. The van der Waals surface area contributed by atoms with E-state index in [9.17, 15) is 0 Å². The average molecular weight is 341 g/mol. The van der Waals surface area contributed by atoms with Crippen molar-refractivity contribution in [2.45, 2.75) is 19.9 Å². The first-order chi connectivity index (χ1) is 12.1. The van der Waals surface area contributed by atoms with Crippen molar-refractivity contribution in [3.8, 4) is 17.3 Å². The molecule has 1 aromatic carbocycles. The van der Waals surface area contributed by atoms with Gasteiger partial charge in [0.25, 0.3) is 0 Å². The maximum Gasteiger partial charge on any atom is 0.177 e. The molecule has 0 radical (unpaired) electrons. The highest BCUT2D eigenvalue weighted by Gasteiger charge is 2.18. The third-order valence-electron chi connectivity index (χ3n) is 4.10. The predicted octanol–water partition coefficient (Wildman–Crippen LogP) is 2.23. The number of aryl methyl sites for hydroxylation is 2. The van der Waals surface area contributed by atoms with Crippen LogP contribution in [0.4, 0.5) is 0 Å². The van der Waals surface area contributed by atoms with Crippen LogP contribution in [-0.2, 0) is 24.8 Å². The van der Waals surface area contributed by atoms with E-state index in [-0.39, 0.29) is 0 Å². The van der Waals surface area contributed by atoms with E-state index in [4.69, 9.17) is 14.5 Å². The Kier molecular flexibility index (Phi) is 5.14. The van der Waals surface area contributed by atoms with E-state index in [0.29, 0.717) is 19.6 Å². The van der Waals surface area contributed by atoms with Crippen molar-refractivity contribution in [3.63, 3.8) is 0 Å². The van der Waals surface area contributed by atoms with Crippen LogP contribution in [0.2, 0.25) is 0 Å². The monoisotopic (exact) mass is 341 g/mol. The quantitative estimate of drug-likeness (QED) is 0.659. The molecule has 132 valence electrons.